The zero-order chi connectivity index (χ0) is 6.50. The van der Waals surface area contributed by atoms with Gasteiger partial charge in [-0.15, -0.1) is 0 Å². The summed E-state index contributed by atoms with van der Waals surface area (Å²) in [6.07, 6.45) is 0. The van der Waals surface area contributed by atoms with Crippen LogP contribution in [0.4, 0.5) is 0 Å². The Morgan fingerprint density at radius 1 is 1.12 bits per heavy atom. The van der Waals surface area contributed by atoms with Crippen molar-refractivity contribution in [3.05, 3.63) is 0 Å². The Hall–Kier alpha value is 1.80. The van der Waals surface area contributed by atoms with E-state index in [-0.39, 0.29) is 44.2 Å². The van der Waals surface area contributed by atoms with Gasteiger partial charge in [-0.05, 0) is 0 Å². The van der Waals surface area contributed by atoms with Gasteiger partial charge in [-0.2, -0.15) is 0 Å². The Morgan fingerprint density at radius 3 is 1.12 bits per heavy atom. The average molecular weight is 476 g/mol. The van der Waals surface area contributed by atoms with Crippen LogP contribution in [0.3, 0.4) is 0 Å². The quantitative estimate of drug-likeness (QED) is 0.328. The van der Waals surface area contributed by atoms with E-state index in [0.717, 1.165) is 0 Å². The molecule has 0 unspecified atom stereocenters. The van der Waals surface area contributed by atoms with E-state index >= 15 is 0 Å². The Labute approximate surface area is 79.2 Å². The molecule has 0 fully saturated rings. The largest absolute Gasteiger partial charge is 2.00 e. The third-order valence-electron chi connectivity index (χ3n) is 0. The molecule has 8 heteroatoms. The second-order valence-electron chi connectivity index (χ2n) is 0.447. The smallest absolute Gasteiger partial charge is 2.00 e. The van der Waals surface area contributed by atoms with Gasteiger partial charge in [-0.3, -0.25) is 0 Å². The van der Waals surface area contributed by atoms with E-state index in [1.54, 1.807) is 0 Å². The molecule has 5 nitrogen and oxygen atoms in total. The van der Waals surface area contributed by atoms with E-state index in [2.05, 4.69) is 0 Å². The summed E-state index contributed by atoms with van der Waals surface area (Å²) < 4.78 is 42.9. The molecule has 0 saturated carbocycles. The van der Waals surface area contributed by atoms with E-state index < -0.39 is 20.1 Å². The molecule has 0 spiro atoms. The van der Waals surface area contributed by atoms with Gasteiger partial charge in [0.15, 0.2) is 0 Å². The SMILES string of the molecule is [O]=[Bi+].[O]=[Sb]([O-])([O-])[O-].[Zn+2]. The van der Waals surface area contributed by atoms with Crippen LogP contribution in [0.5, 0.6) is 0 Å². The molecule has 0 bridgehead atoms. The summed E-state index contributed by atoms with van der Waals surface area (Å²) in [5.41, 5.74) is 0. The molecular formula is BiO5SbZn. The Kier molecular flexibility index (Phi) is 18.1. The minimum absolute atomic E-state index is 0. The molecular weight excluding hydrogens is 476 g/mol. The molecule has 0 atom stereocenters. The molecule has 2 radical (unpaired) electrons. The number of rotatable bonds is 0. The minimum atomic E-state index is -6.10. The Balaban J connectivity index is -0.0000000750. The standard InChI is InChI=1S/Bi.5O.Sb.Zn/q+1;;;3*-1;;+2. The van der Waals surface area contributed by atoms with E-state index in [1.165, 1.54) is 0 Å². The van der Waals surface area contributed by atoms with E-state index in [9.17, 15) is 0 Å². The average Bonchev–Trinajstić information content (AvgIpc) is 1.36. The summed E-state index contributed by atoms with van der Waals surface area (Å²) in [6.45, 7) is 0. The zero-order valence-corrected chi connectivity index (χ0v) is 12.6. The Bertz CT molecular complexity index is 68.2. The van der Waals surface area contributed by atoms with Crippen LogP contribution >= 0.6 is 0 Å². The molecule has 0 saturated heterocycles. The van der Waals surface area contributed by atoms with Gasteiger partial charge >= 0.3 is 80.2 Å². The van der Waals surface area contributed by atoms with Crippen molar-refractivity contribution >= 4 is 44.8 Å². The molecule has 0 N–H and O–H groups in total. The topological polar surface area (TPSA) is 103 Å². The molecule has 0 aliphatic carbocycles. The maximum absolute atomic E-state index is 8.64. The zero-order valence-electron chi connectivity index (χ0n) is 3.64. The van der Waals surface area contributed by atoms with Crippen LogP contribution in [-0.2, 0) is 25.3 Å². The number of hydrogen-bond acceptors (Lipinski definition) is 5. The van der Waals surface area contributed by atoms with E-state index in [4.69, 9.17) is 16.0 Å². The van der Waals surface area contributed by atoms with Crippen molar-refractivity contribution in [3.63, 3.8) is 0 Å². The van der Waals surface area contributed by atoms with Crippen molar-refractivity contribution in [2.75, 3.05) is 0 Å². The van der Waals surface area contributed by atoms with Gasteiger partial charge in [-0.1, -0.05) is 0 Å². The molecule has 8 heavy (non-hydrogen) atoms. The van der Waals surface area contributed by atoms with Crippen molar-refractivity contribution in [1.29, 1.82) is 0 Å². The van der Waals surface area contributed by atoms with Crippen molar-refractivity contribution < 1.29 is 35.5 Å². The van der Waals surface area contributed by atoms with Gasteiger partial charge in [0.2, 0.25) is 0 Å². The predicted octanol–water partition coefficient (Wildman–Crippen LogP) is -4.57. The first-order valence-corrected chi connectivity index (χ1v) is 6.50. The summed E-state index contributed by atoms with van der Waals surface area (Å²) >= 11 is -5.91. The maximum atomic E-state index is 8.64. The van der Waals surface area contributed by atoms with Gasteiger partial charge in [0.1, 0.15) is 0 Å². The third kappa shape index (κ3) is 111. The summed E-state index contributed by atoms with van der Waals surface area (Å²) in [7, 11) is 0. The first-order chi connectivity index (χ1) is 3.00. The van der Waals surface area contributed by atoms with Crippen LogP contribution in [0.2, 0.25) is 0 Å². The fourth-order valence-electron chi connectivity index (χ4n) is 0. The molecule has 0 rings (SSSR count). The molecule has 0 aliphatic heterocycles. The van der Waals surface area contributed by atoms with Crippen LogP contribution in [0.1, 0.15) is 0 Å². The van der Waals surface area contributed by atoms with Gasteiger partial charge in [0.05, 0.1) is 0 Å². The van der Waals surface area contributed by atoms with E-state index in [1.807, 2.05) is 0 Å². The molecule has 0 aromatic rings. The predicted molar refractivity (Wildman–Crippen MR) is 12.9 cm³/mol. The first kappa shape index (κ1) is 16.4. The van der Waals surface area contributed by atoms with Crippen LogP contribution in [0, 0.1) is 0 Å². The fourth-order valence-corrected chi connectivity index (χ4v) is 0. The summed E-state index contributed by atoms with van der Waals surface area (Å²) in [4.78, 5) is 0. The summed E-state index contributed by atoms with van der Waals surface area (Å²) in [5.74, 6) is 0. The van der Waals surface area contributed by atoms with Gasteiger partial charge in [0, 0.05) is 0 Å². The van der Waals surface area contributed by atoms with Crippen LogP contribution in [0.25, 0.3) is 0 Å². The van der Waals surface area contributed by atoms with Crippen molar-refractivity contribution in [1.82, 2.24) is 0 Å². The maximum Gasteiger partial charge on any atom is 2.00 e. The van der Waals surface area contributed by atoms with Gasteiger partial charge in [0.25, 0.3) is 0 Å². The van der Waals surface area contributed by atoms with Gasteiger partial charge in [-0.25, -0.2) is 0 Å². The molecule has 0 amide bonds. The molecule has 0 aromatic heterocycles. The normalized spacial score (nSPS) is 7.88. The van der Waals surface area contributed by atoms with Crippen LogP contribution in [0.15, 0.2) is 0 Å². The molecule has 0 aromatic carbocycles. The monoisotopic (exact) mass is 474 g/mol. The fraction of sp³-hybridized carbons (Fsp3) is 0. The second-order valence-corrected chi connectivity index (χ2v) is 3.00. The first-order valence-electron chi connectivity index (χ1n) is 0.913. The van der Waals surface area contributed by atoms with Crippen LogP contribution < -0.4 is 10.2 Å². The minimum Gasteiger partial charge on any atom is 2.00 e. The van der Waals surface area contributed by atoms with Crippen LogP contribution in [-0.4, -0.2) is 44.8 Å². The van der Waals surface area contributed by atoms with Gasteiger partial charge < -0.3 is 0 Å². The summed E-state index contributed by atoms with van der Waals surface area (Å²) in [5, 5.41) is 0. The second kappa shape index (κ2) is 8.80. The Morgan fingerprint density at radius 2 is 1.12 bits per heavy atom. The van der Waals surface area contributed by atoms with Crippen molar-refractivity contribution in [2.45, 2.75) is 0 Å². The molecule has 0 aliphatic rings. The number of hydrogen-bond donors (Lipinski definition) is 0. The third-order valence-corrected chi connectivity index (χ3v) is 0. The van der Waals surface area contributed by atoms with Crippen molar-refractivity contribution in [3.8, 4) is 0 Å². The molecule has 0 heterocycles. The summed E-state index contributed by atoms with van der Waals surface area (Å²) in [6, 6.07) is 0. The van der Waals surface area contributed by atoms with Crippen molar-refractivity contribution in [2.24, 2.45) is 0 Å². The molecule has 42 valence electrons. The van der Waals surface area contributed by atoms with E-state index in [0.29, 0.717) is 0 Å².